The molecule has 1 atom stereocenters. The number of likely N-dealkylation sites (tertiary alicyclic amines) is 1. The number of nitrogens with one attached hydrogen (secondary N) is 2. The quantitative estimate of drug-likeness (QED) is 0.504. The molecule has 1 aliphatic rings. The van der Waals surface area contributed by atoms with Crippen LogP contribution in [0.4, 0.5) is 0 Å². The summed E-state index contributed by atoms with van der Waals surface area (Å²) >= 11 is 5.82. The molecule has 0 bridgehead atoms. The van der Waals surface area contributed by atoms with E-state index in [1.54, 1.807) is 31.3 Å². The Morgan fingerprint density at radius 3 is 2.65 bits per heavy atom. The minimum Gasteiger partial charge on any atom is -0.354 e. The topological polar surface area (TPSA) is 56.7 Å². The zero-order valence-corrected chi connectivity index (χ0v) is 14.6. The number of guanidine groups is 1. The van der Waals surface area contributed by atoms with Crippen LogP contribution in [0.2, 0.25) is 5.02 Å². The summed E-state index contributed by atoms with van der Waals surface area (Å²) in [7, 11) is 1.80. The lowest BCUT2D eigenvalue weighted by Crippen LogP contribution is -2.47. The van der Waals surface area contributed by atoms with Crippen LogP contribution < -0.4 is 10.6 Å². The molecule has 1 amide bonds. The summed E-state index contributed by atoms with van der Waals surface area (Å²) in [4.78, 5) is 18.6. The molecule has 0 aliphatic carbocycles. The van der Waals surface area contributed by atoms with Gasteiger partial charge in [-0.1, -0.05) is 18.5 Å². The largest absolute Gasteiger partial charge is 0.354 e. The predicted octanol–water partition coefficient (Wildman–Crippen LogP) is 2.38. The Hall–Kier alpha value is -1.75. The summed E-state index contributed by atoms with van der Waals surface area (Å²) in [6.45, 7) is 5.55. The molecule has 1 aliphatic heterocycles. The van der Waals surface area contributed by atoms with E-state index in [9.17, 15) is 4.79 Å². The molecule has 1 heterocycles. The van der Waals surface area contributed by atoms with E-state index in [4.69, 9.17) is 11.6 Å². The number of piperidine rings is 1. The normalized spacial score (nSPS) is 18.7. The Balaban J connectivity index is 1.73. The molecular weight excluding hydrogens is 312 g/mol. The number of carbonyl (C=O) groups is 1. The second-order valence-corrected chi connectivity index (χ2v) is 6.37. The van der Waals surface area contributed by atoms with Gasteiger partial charge in [-0.05, 0) is 43.0 Å². The minimum atomic E-state index is -0.0925. The molecular formula is C17H25ClN4O. The third-order valence-electron chi connectivity index (χ3n) is 3.97. The molecule has 0 spiro atoms. The Bertz CT molecular complexity index is 544. The number of carbonyl (C=O) groups excluding carboxylic acids is 1. The number of hydrogen-bond donors (Lipinski definition) is 2. The maximum atomic E-state index is 12.0. The number of benzene rings is 1. The van der Waals surface area contributed by atoms with Crippen molar-refractivity contribution in [3.63, 3.8) is 0 Å². The van der Waals surface area contributed by atoms with Crippen molar-refractivity contribution in [2.75, 3.05) is 33.2 Å². The van der Waals surface area contributed by atoms with Gasteiger partial charge >= 0.3 is 0 Å². The van der Waals surface area contributed by atoms with E-state index in [1.807, 2.05) is 0 Å². The van der Waals surface area contributed by atoms with Crippen molar-refractivity contribution in [1.29, 1.82) is 0 Å². The SMILES string of the molecule is CN=C(NCCNC(=O)c1ccc(Cl)cc1)N1CCCC(C)C1. The molecule has 2 N–H and O–H groups in total. The summed E-state index contributed by atoms with van der Waals surface area (Å²) in [6.07, 6.45) is 2.49. The molecule has 0 saturated carbocycles. The highest BCUT2D eigenvalue weighted by Crippen LogP contribution is 2.15. The van der Waals surface area contributed by atoms with Crippen LogP contribution in [0.3, 0.4) is 0 Å². The van der Waals surface area contributed by atoms with E-state index in [-0.39, 0.29) is 5.91 Å². The fraction of sp³-hybridized carbons (Fsp3) is 0.529. The number of aliphatic imine (C=N–C) groups is 1. The van der Waals surface area contributed by atoms with E-state index < -0.39 is 0 Å². The molecule has 1 aromatic carbocycles. The zero-order valence-electron chi connectivity index (χ0n) is 13.8. The van der Waals surface area contributed by atoms with Gasteiger partial charge in [-0.15, -0.1) is 0 Å². The molecule has 1 aromatic rings. The van der Waals surface area contributed by atoms with E-state index >= 15 is 0 Å². The first-order chi connectivity index (χ1) is 11.1. The van der Waals surface area contributed by atoms with Gasteiger partial charge in [0.15, 0.2) is 5.96 Å². The smallest absolute Gasteiger partial charge is 0.251 e. The molecule has 2 rings (SSSR count). The number of rotatable bonds is 4. The van der Waals surface area contributed by atoms with Crippen LogP contribution in [0.15, 0.2) is 29.3 Å². The first-order valence-electron chi connectivity index (χ1n) is 8.09. The van der Waals surface area contributed by atoms with Crippen molar-refractivity contribution >= 4 is 23.5 Å². The van der Waals surface area contributed by atoms with E-state index in [0.29, 0.717) is 29.6 Å². The highest BCUT2D eigenvalue weighted by molar-refractivity contribution is 6.30. The van der Waals surface area contributed by atoms with E-state index in [2.05, 4.69) is 27.4 Å². The van der Waals surface area contributed by atoms with Crippen LogP contribution in [-0.4, -0.2) is 50.0 Å². The predicted molar refractivity (Wildman–Crippen MR) is 95.1 cm³/mol. The zero-order chi connectivity index (χ0) is 16.7. The average molecular weight is 337 g/mol. The van der Waals surface area contributed by atoms with Gasteiger partial charge in [-0.2, -0.15) is 0 Å². The lowest BCUT2D eigenvalue weighted by Gasteiger charge is -2.33. The monoisotopic (exact) mass is 336 g/mol. The first-order valence-corrected chi connectivity index (χ1v) is 8.47. The number of amides is 1. The fourth-order valence-corrected chi connectivity index (χ4v) is 2.89. The van der Waals surface area contributed by atoms with Crippen LogP contribution >= 0.6 is 11.6 Å². The van der Waals surface area contributed by atoms with Crippen LogP contribution in [0.5, 0.6) is 0 Å². The highest BCUT2D eigenvalue weighted by atomic mass is 35.5. The summed E-state index contributed by atoms with van der Waals surface area (Å²) in [6, 6.07) is 6.88. The molecule has 1 unspecified atom stereocenters. The van der Waals surface area contributed by atoms with Crippen molar-refractivity contribution < 1.29 is 4.79 Å². The van der Waals surface area contributed by atoms with Crippen LogP contribution in [0, 0.1) is 5.92 Å². The van der Waals surface area contributed by atoms with Gasteiger partial charge in [0.25, 0.3) is 5.91 Å². The van der Waals surface area contributed by atoms with Crippen molar-refractivity contribution in [1.82, 2.24) is 15.5 Å². The third-order valence-corrected chi connectivity index (χ3v) is 4.22. The number of nitrogens with zero attached hydrogens (tertiary/aromatic N) is 2. The maximum absolute atomic E-state index is 12.0. The molecule has 6 heteroatoms. The summed E-state index contributed by atoms with van der Waals surface area (Å²) < 4.78 is 0. The Labute approximate surface area is 143 Å². The first kappa shape index (κ1) is 17.6. The molecule has 0 aromatic heterocycles. The number of hydrogen-bond acceptors (Lipinski definition) is 2. The van der Waals surface area contributed by atoms with Crippen LogP contribution in [0.1, 0.15) is 30.1 Å². The number of halogens is 1. The fourth-order valence-electron chi connectivity index (χ4n) is 2.77. The van der Waals surface area contributed by atoms with E-state index in [0.717, 1.165) is 19.0 Å². The molecule has 5 nitrogen and oxygen atoms in total. The Morgan fingerprint density at radius 1 is 1.30 bits per heavy atom. The Kier molecular flexibility index (Phi) is 6.71. The maximum Gasteiger partial charge on any atom is 0.251 e. The van der Waals surface area contributed by atoms with E-state index in [1.165, 1.54) is 12.8 Å². The lowest BCUT2D eigenvalue weighted by atomic mass is 10.0. The van der Waals surface area contributed by atoms with Gasteiger partial charge in [0.1, 0.15) is 0 Å². The summed E-state index contributed by atoms with van der Waals surface area (Å²) in [5.74, 6) is 1.52. The lowest BCUT2D eigenvalue weighted by molar-refractivity contribution is 0.0954. The van der Waals surface area contributed by atoms with Crippen molar-refractivity contribution in [2.45, 2.75) is 19.8 Å². The van der Waals surface area contributed by atoms with Crippen molar-refractivity contribution in [2.24, 2.45) is 10.9 Å². The summed E-state index contributed by atoms with van der Waals surface area (Å²) in [5.41, 5.74) is 0.614. The van der Waals surface area contributed by atoms with Gasteiger partial charge < -0.3 is 15.5 Å². The van der Waals surface area contributed by atoms with Crippen molar-refractivity contribution in [3.05, 3.63) is 34.9 Å². The molecule has 1 fully saturated rings. The third kappa shape index (κ3) is 5.43. The van der Waals surface area contributed by atoms with Gasteiger partial charge in [-0.3, -0.25) is 9.79 Å². The average Bonchev–Trinajstić information content (AvgIpc) is 2.55. The second kappa shape index (κ2) is 8.77. The van der Waals surface area contributed by atoms with Gasteiger partial charge in [-0.25, -0.2) is 0 Å². The molecule has 1 saturated heterocycles. The van der Waals surface area contributed by atoms with Crippen molar-refractivity contribution in [3.8, 4) is 0 Å². The second-order valence-electron chi connectivity index (χ2n) is 5.93. The van der Waals surface area contributed by atoms with Gasteiger partial charge in [0, 0.05) is 43.8 Å². The molecule has 23 heavy (non-hydrogen) atoms. The highest BCUT2D eigenvalue weighted by Gasteiger charge is 2.18. The van der Waals surface area contributed by atoms with Crippen LogP contribution in [-0.2, 0) is 0 Å². The van der Waals surface area contributed by atoms with Gasteiger partial charge in [0.05, 0.1) is 0 Å². The molecule has 126 valence electrons. The van der Waals surface area contributed by atoms with Gasteiger partial charge in [0.2, 0.25) is 0 Å². The Morgan fingerprint density at radius 2 is 2.00 bits per heavy atom. The standard InChI is InChI=1S/C17H25ClN4O/c1-13-4-3-11-22(12-13)17(19-2)21-10-9-20-16(23)14-5-7-15(18)8-6-14/h5-8,13H,3-4,9-12H2,1-2H3,(H,19,21)(H,20,23). The van der Waals surface area contributed by atoms with Crippen LogP contribution in [0.25, 0.3) is 0 Å². The summed E-state index contributed by atoms with van der Waals surface area (Å²) in [5, 5.41) is 6.83. The molecule has 0 radical (unpaired) electrons. The minimum absolute atomic E-state index is 0.0925.